The molecule has 1 aliphatic rings. The smallest absolute Gasteiger partial charge is 0.410 e. The Kier molecular flexibility index (Phi) is 9.25. The molecule has 9 heteroatoms. The molecule has 4 atom stereocenters. The number of ether oxygens (including phenoxy) is 4. The monoisotopic (exact) mass is 464 g/mol. The highest BCUT2D eigenvalue weighted by molar-refractivity contribution is 5.99. The highest BCUT2D eigenvalue weighted by atomic mass is 16.6. The second-order valence-corrected chi connectivity index (χ2v) is 9.15. The Morgan fingerprint density at radius 1 is 1.12 bits per heavy atom. The number of amides is 2. The van der Waals surface area contributed by atoms with Crippen LogP contribution in [0.3, 0.4) is 0 Å². The van der Waals surface area contributed by atoms with Crippen molar-refractivity contribution in [2.75, 3.05) is 34.4 Å². The third-order valence-corrected chi connectivity index (χ3v) is 5.66. The number of hydrogen-bond donors (Lipinski definition) is 1. The predicted molar refractivity (Wildman–Crippen MR) is 122 cm³/mol. The summed E-state index contributed by atoms with van der Waals surface area (Å²) >= 11 is 0. The van der Waals surface area contributed by atoms with Gasteiger partial charge in [0.05, 0.1) is 44.4 Å². The van der Waals surface area contributed by atoms with E-state index in [9.17, 15) is 14.4 Å². The Morgan fingerprint density at radius 2 is 1.76 bits per heavy atom. The number of carbonyl (C=O) groups is 3. The van der Waals surface area contributed by atoms with Gasteiger partial charge in [-0.2, -0.15) is 0 Å². The lowest BCUT2D eigenvalue weighted by molar-refractivity contribution is -0.130. The summed E-state index contributed by atoms with van der Waals surface area (Å²) in [5.41, 5.74) is -0.179. The summed E-state index contributed by atoms with van der Waals surface area (Å²) in [4.78, 5) is 39.7. The van der Waals surface area contributed by atoms with Gasteiger partial charge < -0.3 is 24.3 Å². The van der Waals surface area contributed by atoms with E-state index in [2.05, 4.69) is 5.32 Å². The third-order valence-electron chi connectivity index (χ3n) is 5.66. The summed E-state index contributed by atoms with van der Waals surface area (Å²) in [6, 6.07) is 6.27. The summed E-state index contributed by atoms with van der Waals surface area (Å²) in [6.45, 7) is 7.32. The van der Waals surface area contributed by atoms with Crippen LogP contribution in [-0.4, -0.2) is 81.0 Å². The molecule has 0 saturated carbocycles. The van der Waals surface area contributed by atoms with Crippen molar-refractivity contribution >= 4 is 17.8 Å². The summed E-state index contributed by atoms with van der Waals surface area (Å²) in [5.74, 6) is -0.534. The molecular formula is C24H36N2O7. The third kappa shape index (κ3) is 7.17. The zero-order chi connectivity index (χ0) is 24.8. The number of nitrogens with zero attached hydrogens (tertiary/aromatic N) is 1. The molecule has 1 aromatic carbocycles. The van der Waals surface area contributed by atoms with E-state index in [0.717, 1.165) is 0 Å². The van der Waals surface area contributed by atoms with Gasteiger partial charge in [0.2, 0.25) is 5.91 Å². The Balaban J connectivity index is 2.05. The van der Waals surface area contributed by atoms with Gasteiger partial charge in [0, 0.05) is 19.8 Å². The van der Waals surface area contributed by atoms with Gasteiger partial charge >= 0.3 is 6.09 Å². The van der Waals surface area contributed by atoms with Crippen LogP contribution >= 0.6 is 0 Å². The van der Waals surface area contributed by atoms with E-state index in [1.54, 1.807) is 71.1 Å². The second kappa shape index (κ2) is 11.5. The van der Waals surface area contributed by atoms with Crippen molar-refractivity contribution in [3.05, 3.63) is 29.8 Å². The molecule has 0 spiro atoms. The van der Waals surface area contributed by atoms with E-state index < -0.39 is 29.8 Å². The molecule has 1 saturated heterocycles. The van der Waals surface area contributed by atoms with Gasteiger partial charge in [-0.1, -0.05) is 6.92 Å². The molecule has 9 nitrogen and oxygen atoms in total. The number of Topliss-reactive ketones (excluding diaryl/α,β-unsaturated/α-hetero) is 1. The fourth-order valence-corrected chi connectivity index (χ4v) is 3.89. The molecule has 184 valence electrons. The quantitative estimate of drug-likeness (QED) is 0.561. The van der Waals surface area contributed by atoms with Crippen molar-refractivity contribution in [2.24, 2.45) is 5.92 Å². The minimum absolute atomic E-state index is 0.146. The summed E-state index contributed by atoms with van der Waals surface area (Å²) in [7, 11) is 4.64. The number of methoxy groups -OCH3 is 3. The molecule has 1 aliphatic heterocycles. The maximum Gasteiger partial charge on any atom is 0.410 e. The average molecular weight is 465 g/mol. The molecule has 2 rings (SSSR count). The molecule has 1 heterocycles. The van der Waals surface area contributed by atoms with Crippen molar-refractivity contribution < 1.29 is 33.3 Å². The highest BCUT2D eigenvalue weighted by Crippen LogP contribution is 2.29. The Bertz CT molecular complexity index is 819. The van der Waals surface area contributed by atoms with Crippen molar-refractivity contribution in [3.63, 3.8) is 0 Å². The van der Waals surface area contributed by atoms with E-state index in [0.29, 0.717) is 24.3 Å². The van der Waals surface area contributed by atoms with E-state index in [1.807, 2.05) is 0 Å². The molecule has 0 radical (unpaired) electrons. The first kappa shape index (κ1) is 26.6. The first-order valence-corrected chi connectivity index (χ1v) is 11.0. The Hall–Kier alpha value is -2.65. The number of likely N-dealkylation sites (tertiary alicyclic amines) is 1. The first-order valence-electron chi connectivity index (χ1n) is 11.0. The van der Waals surface area contributed by atoms with E-state index in [4.69, 9.17) is 18.9 Å². The summed E-state index contributed by atoms with van der Waals surface area (Å²) in [5, 5.41) is 2.69. The topological polar surface area (TPSA) is 103 Å². The molecule has 2 amide bonds. The minimum atomic E-state index is -0.653. The number of rotatable bonds is 9. The van der Waals surface area contributed by atoms with Crippen LogP contribution in [-0.2, 0) is 19.0 Å². The van der Waals surface area contributed by atoms with Crippen LogP contribution in [0.5, 0.6) is 5.75 Å². The van der Waals surface area contributed by atoms with Crippen molar-refractivity contribution in [3.8, 4) is 5.75 Å². The SMILES string of the molecule is COc1ccc(C(=O)CNC(=O)[C@H](C)[C@@H](OC)[C@@H]2C[C@@H](OC)CN2C(=O)OC(C)(C)C)cc1. The normalized spacial score (nSPS) is 20.2. The van der Waals surface area contributed by atoms with E-state index >= 15 is 0 Å². The molecule has 33 heavy (non-hydrogen) atoms. The fourth-order valence-electron chi connectivity index (χ4n) is 3.89. The van der Waals surface area contributed by atoms with Gasteiger partial charge in [0.25, 0.3) is 0 Å². The molecule has 1 aromatic rings. The molecular weight excluding hydrogens is 428 g/mol. The molecule has 0 aromatic heterocycles. The lowest BCUT2D eigenvalue weighted by Gasteiger charge is -2.34. The van der Waals surface area contributed by atoms with Crippen LogP contribution in [0.4, 0.5) is 4.79 Å². The van der Waals surface area contributed by atoms with Crippen LogP contribution in [0.25, 0.3) is 0 Å². The molecule has 1 N–H and O–H groups in total. The Labute approximate surface area is 195 Å². The van der Waals surface area contributed by atoms with Crippen molar-refractivity contribution in [1.29, 1.82) is 0 Å². The standard InChI is InChI=1S/C24H36N2O7/c1-15(22(28)25-13-20(27)16-8-10-17(30-5)11-9-16)21(32-7)19-12-18(31-6)14-26(19)23(29)33-24(2,3)4/h8-11,15,18-19,21H,12-14H2,1-7H3,(H,25,28)/t15-,18-,19+,21-/m1/s1. The maximum atomic E-state index is 12.9. The van der Waals surface area contributed by atoms with Gasteiger partial charge in [-0.3, -0.25) is 14.5 Å². The highest BCUT2D eigenvalue weighted by Gasteiger charge is 2.45. The average Bonchev–Trinajstić information content (AvgIpc) is 3.21. The van der Waals surface area contributed by atoms with Crippen LogP contribution in [0.1, 0.15) is 44.5 Å². The number of carbonyl (C=O) groups excluding carboxylic acids is 3. The molecule has 0 unspecified atom stereocenters. The lowest BCUT2D eigenvalue weighted by atomic mass is 9.94. The first-order chi connectivity index (χ1) is 15.5. The second-order valence-electron chi connectivity index (χ2n) is 9.15. The van der Waals surface area contributed by atoms with E-state index in [-0.39, 0.29) is 24.3 Å². The van der Waals surface area contributed by atoms with Crippen molar-refractivity contribution in [1.82, 2.24) is 10.2 Å². The van der Waals surface area contributed by atoms with Crippen LogP contribution in [0.2, 0.25) is 0 Å². The maximum absolute atomic E-state index is 12.9. The van der Waals surface area contributed by atoms with Gasteiger partial charge in [0.15, 0.2) is 5.78 Å². The lowest BCUT2D eigenvalue weighted by Crippen LogP contribution is -2.51. The number of ketones is 1. The van der Waals surface area contributed by atoms with Gasteiger partial charge in [-0.05, 0) is 51.5 Å². The Morgan fingerprint density at radius 3 is 2.27 bits per heavy atom. The zero-order valence-corrected chi connectivity index (χ0v) is 20.5. The van der Waals surface area contributed by atoms with Crippen LogP contribution < -0.4 is 10.1 Å². The minimum Gasteiger partial charge on any atom is -0.497 e. The summed E-state index contributed by atoms with van der Waals surface area (Å²) in [6.07, 6.45) is -0.756. The van der Waals surface area contributed by atoms with Gasteiger partial charge in [0.1, 0.15) is 11.4 Å². The largest absolute Gasteiger partial charge is 0.497 e. The van der Waals surface area contributed by atoms with Gasteiger partial charge in [-0.15, -0.1) is 0 Å². The number of nitrogens with one attached hydrogen (secondary N) is 1. The number of hydrogen-bond acceptors (Lipinski definition) is 7. The summed E-state index contributed by atoms with van der Waals surface area (Å²) < 4.78 is 21.8. The molecule has 1 fully saturated rings. The van der Waals surface area contributed by atoms with Crippen molar-refractivity contribution in [2.45, 2.75) is 58.0 Å². The zero-order valence-electron chi connectivity index (χ0n) is 20.5. The molecule has 0 aliphatic carbocycles. The van der Waals surface area contributed by atoms with Crippen LogP contribution in [0.15, 0.2) is 24.3 Å². The predicted octanol–water partition coefficient (Wildman–Crippen LogP) is 2.67. The van der Waals surface area contributed by atoms with Gasteiger partial charge in [-0.25, -0.2) is 4.79 Å². The van der Waals surface area contributed by atoms with Crippen LogP contribution in [0, 0.1) is 5.92 Å². The molecule has 0 bridgehead atoms. The van der Waals surface area contributed by atoms with E-state index in [1.165, 1.54) is 7.11 Å². The number of benzene rings is 1. The fraction of sp³-hybridized carbons (Fsp3) is 0.625.